The molecule has 1 aliphatic rings. The molecule has 0 spiro atoms. The minimum atomic E-state index is -0.276. The molecule has 0 bridgehead atoms. The third-order valence-corrected chi connectivity index (χ3v) is 2.66. The lowest BCUT2D eigenvalue weighted by molar-refractivity contribution is 0.608. The van der Waals surface area contributed by atoms with Crippen LogP contribution in [-0.4, -0.2) is 18.6 Å². The smallest absolute Gasteiger partial charge is 0.123 e. The second-order valence-electron chi connectivity index (χ2n) is 4.05. The van der Waals surface area contributed by atoms with Crippen molar-refractivity contribution in [2.45, 2.75) is 19.3 Å². The van der Waals surface area contributed by atoms with Gasteiger partial charge in [0, 0.05) is 11.6 Å². The van der Waals surface area contributed by atoms with Crippen molar-refractivity contribution in [3.05, 3.63) is 35.6 Å². The van der Waals surface area contributed by atoms with Crippen molar-refractivity contribution in [3.8, 4) is 0 Å². The van der Waals surface area contributed by atoms with Crippen LogP contribution in [0.3, 0.4) is 0 Å². The van der Waals surface area contributed by atoms with E-state index in [0.29, 0.717) is 6.54 Å². The summed E-state index contributed by atoms with van der Waals surface area (Å²) in [5.41, 5.74) is 0.643. The SMILES string of the molecule is CC1=NCC(C)(c2cccc(F)c2)C=N1. The van der Waals surface area contributed by atoms with E-state index < -0.39 is 0 Å². The van der Waals surface area contributed by atoms with E-state index in [-0.39, 0.29) is 11.2 Å². The minimum absolute atomic E-state index is 0.214. The molecule has 2 rings (SSSR count). The average Bonchev–Trinajstić information content (AvgIpc) is 2.23. The minimum Gasteiger partial charge on any atom is -0.269 e. The highest BCUT2D eigenvalue weighted by Gasteiger charge is 2.26. The molecule has 15 heavy (non-hydrogen) atoms. The van der Waals surface area contributed by atoms with Gasteiger partial charge in [-0.05, 0) is 31.5 Å². The molecule has 78 valence electrons. The average molecular weight is 204 g/mol. The summed E-state index contributed by atoms with van der Waals surface area (Å²) in [5.74, 6) is 0.567. The Morgan fingerprint density at radius 2 is 2.20 bits per heavy atom. The molecule has 1 aromatic carbocycles. The van der Waals surface area contributed by atoms with E-state index in [0.717, 1.165) is 11.4 Å². The normalized spacial score (nSPS) is 25.1. The number of benzene rings is 1. The van der Waals surface area contributed by atoms with Gasteiger partial charge in [-0.2, -0.15) is 0 Å². The molecule has 1 aromatic rings. The number of amidine groups is 1. The Labute approximate surface area is 88.6 Å². The fraction of sp³-hybridized carbons (Fsp3) is 0.333. The van der Waals surface area contributed by atoms with E-state index in [1.165, 1.54) is 6.07 Å². The Morgan fingerprint density at radius 1 is 1.40 bits per heavy atom. The highest BCUT2D eigenvalue weighted by Crippen LogP contribution is 2.24. The zero-order valence-corrected chi connectivity index (χ0v) is 8.87. The van der Waals surface area contributed by atoms with Crippen molar-refractivity contribution in [2.24, 2.45) is 9.98 Å². The monoisotopic (exact) mass is 204 g/mol. The molecule has 1 aliphatic heterocycles. The summed E-state index contributed by atoms with van der Waals surface area (Å²) in [4.78, 5) is 8.48. The summed E-state index contributed by atoms with van der Waals surface area (Å²) in [6.07, 6.45) is 1.85. The fourth-order valence-corrected chi connectivity index (χ4v) is 1.61. The van der Waals surface area contributed by atoms with Crippen molar-refractivity contribution in [2.75, 3.05) is 6.54 Å². The molecule has 0 fully saturated rings. The van der Waals surface area contributed by atoms with Gasteiger partial charge in [0.15, 0.2) is 0 Å². The van der Waals surface area contributed by atoms with Gasteiger partial charge in [0.05, 0.1) is 6.54 Å². The van der Waals surface area contributed by atoms with Gasteiger partial charge in [-0.1, -0.05) is 12.1 Å². The highest BCUT2D eigenvalue weighted by molar-refractivity contribution is 5.93. The van der Waals surface area contributed by atoms with Crippen LogP contribution in [0.25, 0.3) is 0 Å². The maximum atomic E-state index is 13.1. The summed E-state index contributed by atoms with van der Waals surface area (Å²) in [5, 5.41) is 0. The van der Waals surface area contributed by atoms with Crippen LogP contribution in [0, 0.1) is 5.82 Å². The summed E-state index contributed by atoms with van der Waals surface area (Å²) in [6.45, 7) is 4.51. The van der Waals surface area contributed by atoms with Gasteiger partial charge in [0.25, 0.3) is 0 Å². The van der Waals surface area contributed by atoms with Crippen molar-refractivity contribution < 1.29 is 4.39 Å². The van der Waals surface area contributed by atoms with Crippen LogP contribution in [0.15, 0.2) is 34.3 Å². The second kappa shape index (κ2) is 3.57. The van der Waals surface area contributed by atoms with Crippen LogP contribution in [-0.2, 0) is 5.41 Å². The lowest BCUT2D eigenvalue weighted by Gasteiger charge is -2.26. The molecule has 0 aromatic heterocycles. The highest BCUT2D eigenvalue weighted by atomic mass is 19.1. The largest absolute Gasteiger partial charge is 0.269 e. The summed E-state index contributed by atoms with van der Waals surface area (Å²) in [6, 6.07) is 6.61. The molecule has 0 amide bonds. The maximum Gasteiger partial charge on any atom is 0.123 e. The maximum absolute atomic E-state index is 13.1. The van der Waals surface area contributed by atoms with E-state index in [1.807, 2.05) is 26.1 Å². The van der Waals surface area contributed by atoms with Crippen molar-refractivity contribution >= 4 is 12.1 Å². The zero-order valence-electron chi connectivity index (χ0n) is 8.87. The molecule has 0 radical (unpaired) electrons. The van der Waals surface area contributed by atoms with Crippen molar-refractivity contribution in [3.63, 3.8) is 0 Å². The van der Waals surface area contributed by atoms with Gasteiger partial charge in [-0.3, -0.25) is 4.99 Å². The van der Waals surface area contributed by atoms with E-state index in [1.54, 1.807) is 12.1 Å². The third kappa shape index (κ3) is 1.96. The van der Waals surface area contributed by atoms with Crippen LogP contribution in [0.5, 0.6) is 0 Å². The Kier molecular flexibility index (Phi) is 2.39. The van der Waals surface area contributed by atoms with Gasteiger partial charge in [0.2, 0.25) is 0 Å². The molecule has 0 saturated carbocycles. The number of nitrogens with zero attached hydrogens (tertiary/aromatic N) is 2. The molecule has 1 heterocycles. The second-order valence-corrected chi connectivity index (χ2v) is 4.05. The Morgan fingerprint density at radius 3 is 2.80 bits per heavy atom. The van der Waals surface area contributed by atoms with Gasteiger partial charge in [-0.15, -0.1) is 0 Å². The van der Waals surface area contributed by atoms with E-state index in [2.05, 4.69) is 9.98 Å². The molecule has 1 atom stereocenters. The van der Waals surface area contributed by atoms with E-state index in [9.17, 15) is 4.39 Å². The topological polar surface area (TPSA) is 24.7 Å². The summed E-state index contributed by atoms with van der Waals surface area (Å²) in [7, 11) is 0. The molecular formula is C12H13FN2. The number of hydrogen-bond acceptors (Lipinski definition) is 2. The Balaban J connectivity index is 2.36. The van der Waals surface area contributed by atoms with Crippen LogP contribution >= 0.6 is 0 Å². The quantitative estimate of drug-likeness (QED) is 0.671. The fourth-order valence-electron chi connectivity index (χ4n) is 1.61. The molecule has 1 unspecified atom stereocenters. The Hall–Kier alpha value is -1.51. The zero-order chi connectivity index (χ0) is 10.9. The Bertz CT molecular complexity index is 437. The first-order chi connectivity index (χ1) is 7.10. The van der Waals surface area contributed by atoms with Gasteiger partial charge in [-0.25, -0.2) is 9.38 Å². The molecule has 0 N–H and O–H groups in total. The van der Waals surface area contributed by atoms with Crippen LogP contribution in [0.1, 0.15) is 19.4 Å². The first kappa shape index (κ1) is 10.0. The molecule has 0 aliphatic carbocycles. The summed E-state index contributed by atoms with van der Waals surface area (Å²) >= 11 is 0. The van der Waals surface area contributed by atoms with E-state index in [4.69, 9.17) is 0 Å². The standard InChI is InChI=1S/C12H13FN2/c1-9-14-7-12(2,8-15-9)10-4-3-5-11(13)6-10/h3-7H,8H2,1-2H3. The lowest BCUT2D eigenvalue weighted by Crippen LogP contribution is -2.31. The lowest BCUT2D eigenvalue weighted by atomic mass is 9.83. The van der Waals surface area contributed by atoms with Crippen LogP contribution in [0.4, 0.5) is 4.39 Å². The number of aliphatic imine (C=N–C) groups is 2. The van der Waals surface area contributed by atoms with Gasteiger partial charge < -0.3 is 0 Å². The predicted molar refractivity (Wildman–Crippen MR) is 60.2 cm³/mol. The number of hydrogen-bond donors (Lipinski definition) is 0. The van der Waals surface area contributed by atoms with E-state index >= 15 is 0 Å². The van der Waals surface area contributed by atoms with Crippen molar-refractivity contribution in [1.82, 2.24) is 0 Å². The first-order valence-corrected chi connectivity index (χ1v) is 4.92. The predicted octanol–water partition coefficient (Wildman–Crippen LogP) is 2.59. The first-order valence-electron chi connectivity index (χ1n) is 4.92. The van der Waals surface area contributed by atoms with Crippen LogP contribution < -0.4 is 0 Å². The van der Waals surface area contributed by atoms with Gasteiger partial charge in [0.1, 0.15) is 11.7 Å². The molecule has 0 saturated heterocycles. The third-order valence-electron chi connectivity index (χ3n) is 2.66. The van der Waals surface area contributed by atoms with Crippen molar-refractivity contribution in [1.29, 1.82) is 0 Å². The summed E-state index contributed by atoms with van der Waals surface area (Å²) < 4.78 is 13.1. The number of halogens is 1. The molecule has 3 heteroatoms. The molecule has 2 nitrogen and oxygen atoms in total. The van der Waals surface area contributed by atoms with Gasteiger partial charge >= 0.3 is 0 Å². The molecular weight excluding hydrogens is 191 g/mol. The van der Waals surface area contributed by atoms with Crippen LogP contribution in [0.2, 0.25) is 0 Å². The number of rotatable bonds is 1.